The van der Waals surface area contributed by atoms with E-state index in [9.17, 15) is 9.59 Å². The maximum atomic E-state index is 12.8. The van der Waals surface area contributed by atoms with Crippen molar-refractivity contribution in [3.05, 3.63) is 57.5 Å². The minimum absolute atomic E-state index is 0.198. The fraction of sp³-hybridized carbons (Fsp3) is 0.278. The smallest absolute Gasteiger partial charge is 0.295 e. The van der Waals surface area contributed by atoms with Crippen LogP contribution in [0.2, 0.25) is 0 Å². The molecular weight excluding hydrogens is 350 g/mol. The number of anilines is 1. The molecule has 0 unspecified atom stereocenters. The number of rotatable bonds is 4. The lowest BCUT2D eigenvalue weighted by atomic mass is 10.2. The molecule has 0 saturated heterocycles. The van der Waals surface area contributed by atoms with Crippen LogP contribution in [-0.2, 0) is 11.8 Å². The van der Waals surface area contributed by atoms with Crippen molar-refractivity contribution in [2.75, 3.05) is 18.4 Å². The Kier molecular flexibility index (Phi) is 4.20. The third kappa shape index (κ3) is 2.76. The van der Waals surface area contributed by atoms with Crippen molar-refractivity contribution in [2.24, 2.45) is 12.0 Å². The molecule has 1 N–H and O–H groups in total. The van der Waals surface area contributed by atoms with E-state index in [2.05, 4.69) is 15.2 Å². The van der Waals surface area contributed by atoms with Gasteiger partial charge in [-0.25, -0.2) is 4.68 Å². The van der Waals surface area contributed by atoms with Crippen LogP contribution in [-0.4, -0.2) is 38.4 Å². The number of thioether (sulfide) groups is 1. The largest absolute Gasteiger partial charge is 0.322 e. The Balaban J connectivity index is 1.56. The first-order chi connectivity index (χ1) is 12.6. The number of amidine groups is 1. The molecule has 2 aromatic rings. The fourth-order valence-electron chi connectivity index (χ4n) is 3.18. The summed E-state index contributed by atoms with van der Waals surface area (Å²) >= 11 is 1.54. The van der Waals surface area contributed by atoms with Crippen LogP contribution in [0.5, 0.6) is 0 Å². The van der Waals surface area contributed by atoms with E-state index in [0.717, 1.165) is 29.6 Å². The van der Waals surface area contributed by atoms with E-state index in [0.29, 0.717) is 11.4 Å². The lowest BCUT2D eigenvalue weighted by Gasteiger charge is -2.15. The molecular formula is C18H19N5O2S. The molecule has 8 heteroatoms. The SMILES string of the molecule is Cc1c(NC(=O)CC2=CSC3=NCCN23)c(=O)n(-c2ccccc2)n1C. The van der Waals surface area contributed by atoms with Crippen LogP contribution in [0.4, 0.5) is 5.69 Å². The number of fused-ring (bicyclic) bond motifs is 1. The number of hydrogen-bond acceptors (Lipinski definition) is 5. The monoisotopic (exact) mass is 369 g/mol. The number of nitrogens with one attached hydrogen (secondary N) is 1. The zero-order valence-corrected chi connectivity index (χ0v) is 15.4. The Hall–Kier alpha value is -2.74. The van der Waals surface area contributed by atoms with Crippen molar-refractivity contribution < 1.29 is 4.79 Å². The number of para-hydroxylation sites is 1. The number of carbonyl (C=O) groups is 1. The maximum absolute atomic E-state index is 12.8. The summed E-state index contributed by atoms with van der Waals surface area (Å²) in [6, 6.07) is 9.38. The second-order valence-electron chi connectivity index (χ2n) is 6.20. The molecule has 1 aromatic carbocycles. The van der Waals surface area contributed by atoms with Gasteiger partial charge >= 0.3 is 0 Å². The molecule has 2 aliphatic heterocycles. The van der Waals surface area contributed by atoms with Gasteiger partial charge in [0.15, 0.2) is 5.17 Å². The zero-order valence-electron chi connectivity index (χ0n) is 14.6. The van der Waals surface area contributed by atoms with Crippen molar-refractivity contribution in [2.45, 2.75) is 13.3 Å². The van der Waals surface area contributed by atoms with Crippen LogP contribution in [0.25, 0.3) is 5.69 Å². The summed E-state index contributed by atoms with van der Waals surface area (Å²) in [5.74, 6) is -0.198. The minimum Gasteiger partial charge on any atom is -0.322 e. The van der Waals surface area contributed by atoms with Crippen LogP contribution >= 0.6 is 11.8 Å². The van der Waals surface area contributed by atoms with Gasteiger partial charge in [0.05, 0.1) is 24.3 Å². The normalized spacial score (nSPS) is 15.7. The molecule has 0 spiro atoms. The van der Waals surface area contributed by atoms with Crippen molar-refractivity contribution in [1.29, 1.82) is 0 Å². The van der Waals surface area contributed by atoms with E-state index in [1.165, 1.54) is 0 Å². The standard InChI is InChI=1S/C18H19N5O2S/c1-12-16(17(25)23(21(12)2)13-6-4-3-5-7-13)20-15(24)10-14-11-26-18-19-8-9-22(14)18/h3-7,11H,8-10H2,1-2H3,(H,20,24). The highest BCUT2D eigenvalue weighted by Crippen LogP contribution is 2.31. The Morgan fingerprint density at radius 1 is 1.31 bits per heavy atom. The fourth-order valence-corrected chi connectivity index (χ4v) is 4.13. The van der Waals surface area contributed by atoms with E-state index in [4.69, 9.17) is 0 Å². The summed E-state index contributed by atoms with van der Waals surface area (Å²) in [5, 5.41) is 5.72. The van der Waals surface area contributed by atoms with Gasteiger partial charge in [-0.15, -0.1) is 0 Å². The number of amides is 1. The molecule has 134 valence electrons. The van der Waals surface area contributed by atoms with Gasteiger partial charge in [0, 0.05) is 19.3 Å². The average Bonchev–Trinajstić information content (AvgIpc) is 3.29. The molecule has 0 aliphatic carbocycles. The highest BCUT2D eigenvalue weighted by atomic mass is 32.2. The average molecular weight is 369 g/mol. The van der Waals surface area contributed by atoms with Crippen molar-refractivity contribution in [3.63, 3.8) is 0 Å². The first-order valence-electron chi connectivity index (χ1n) is 8.38. The summed E-state index contributed by atoms with van der Waals surface area (Å²) in [4.78, 5) is 31.8. The van der Waals surface area contributed by atoms with Gasteiger partial charge in [-0.3, -0.25) is 19.3 Å². The summed E-state index contributed by atoms with van der Waals surface area (Å²) in [7, 11) is 1.81. The zero-order chi connectivity index (χ0) is 18.3. The topological polar surface area (TPSA) is 71.6 Å². The Morgan fingerprint density at radius 3 is 2.85 bits per heavy atom. The Labute approximate surface area is 155 Å². The maximum Gasteiger partial charge on any atom is 0.295 e. The van der Waals surface area contributed by atoms with Crippen LogP contribution in [0, 0.1) is 6.92 Å². The first-order valence-corrected chi connectivity index (χ1v) is 9.26. The predicted octanol–water partition coefficient (Wildman–Crippen LogP) is 2.07. The van der Waals surface area contributed by atoms with Gasteiger partial charge in [0.2, 0.25) is 5.91 Å². The Bertz CT molecular complexity index is 987. The molecule has 2 aliphatic rings. The molecule has 1 aromatic heterocycles. The van der Waals surface area contributed by atoms with Crippen LogP contribution < -0.4 is 10.9 Å². The summed E-state index contributed by atoms with van der Waals surface area (Å²) in [6.45, 7) is 3.40. The summed E-state index contributed by atoms with van der Waals surface area (Å²) < 4.78 is 3.31. The predicted molar refractivity (Wildman–Crippen MR) is 104 cm³/mol. The van der Waals surface area contributed by atoms with Gasteiger partial charge in [0.25, 0.3) is 5.56 Å². The molecule has 4 rings (SSSR count). The molecule has 0 bridgehead atoms. The lowest BCUT2D eigenvalue weighted by molar-refractivity contribution is -0.115. The second kappa shape index (κ2) is 6.53. The van der Waals surface area contributed by atoms with E-state index in [1.54, 1.807) is 21.1 Å². The first kappa shape index (κ1) is 16.7. The molecule has 1 amide bonds. The van der Waals surface area contributed by atoms with E-state index >= 15 is 0 Å². The van der Waals surface area contributed by atoms with Gasteiger partial charge in [0.1, 0.15) is 5.69 Å². The van der Waals surface area contributed by atoms with E-state index in [-0.39, 0.29) is 17.9 Å². The minimum atomic E-state index is -0.234. The van der Waals surface area contributed by atoms with Gasteiger partial charge in [-0.05, 0) is 24.5 Å². The second-order valence-corrected chi connectivity index (χ2v) is 7.04. The van der Waals surface area contributed by atoms with Crippen molar-refractivity contribution in [3.8, 4) is 5.69 Å². The molecule has 0 atom stereocenters. The van der Waals surface area contributed by atoms with Crippen LogP contribution in [0.3, 0.4) is 0 Å². The number of aromatic nitrogens is 2. The van der Waals surface area contributed by atoms with Gasteiger partial charge in [-0.2, -0.15) is 0 Å². The molecule has 26 heavy (non-hydrogen) atoms. The van der Waals surface area contributed by atoms with E-state index < -0.39 is 0 Å². The Morgan fingerprint density at radius 2 is 2.08 bits per heavy atom. The number of nitrogens with zero attached hydrogens (tertiary/aromatic N) is 4. The third-order valence-corrected chi connectivity index (χ3v) is 5.56. The quantitative estimate of drug-likeness (QED) is 0.896. The highest BCUT2D eigenvalue weighted by molar-refractivity contribution is 8.16. The van der Waals surface area contributed by atoms with Crippen molar-refractivity contribution >= 4 is 28.5 Å². The van der Waals surface area contributed by atoms with Gasteiger partial charge in [-0.1, -0.05) is 30.0 Å². The van der Waals surface area contributed by atoms with Crippen LogP contribution in [0.15, 0.2) is 51.2 Å². The van der Waals surface area contributed by atoms with E-state index in [1.807, 2.05) is 49.7 Å². The lowest BCUT2D eigenvalue weighted by Crippen LogP contribution is -2.26. The highest BCUT2D eigenvalue weighted by Gasteiger charge is 2.28. The molecule has 0 fully saturated rings. The third-order valence-electron chi connectivity index (χ3n) is 4.61. The van der Waals surface area contributed by atoms with Crippen LogP contribution in [0.1, 0.15) is 12.1 Å². The molecule has 3 heterocycles. The van der Waals surface area contributed by atoms with Crippen molar-refractivity contribution in [1.82, 2.24) is 14.3 Å². The molecule has 0 radical (unpaired) electrons. The van der Waals surface area contributed by atoms with Gasteiger partial charge < -0.3 is 10.2 Å². The number of hydrogen-bond donors (Lipinski definition) is 1. The number of carbonyl (C=O) groups excluding carboxylic acids is 1. The summed E-state index contributed by atoms with van der Waals surface area (Å²) in [5.41, 5.74) is 2.49. The number of benzene rings is 1. The summed E-state index contributed by atoms with van der Waals surface area (Å²) in [6.07, 6.45) is 0.227. The number of aliphatic imine (C=N–C) groups is 1. The molecule has 0 saturated carbocycles. The molecule has 7 nitrogen and oxygen atoms in total.